The smallest absolute Gasteiger partial charge is 0.158 e. The summed E-state index contributed by atoms with van der Waals surface area (Å²) < 4.78 is 5.07. The Labute approximate surface area is 113 Å². The van der Waals surface area contributed by atoms with Gasteiger partial charge in [0.25, 0.3) is 0 Å². The van der Waals surface area contributed by atoms with Gasteiger partial charge in [-0.1, -0.05) is 13.8 Å². The number of hydrogen-bond acceptors (Lipinski definition) is 6. The lowest BCUT2D eigenvalue weighted by Crippen LogP contribution is -2.57. The fourth-order valence-electron chi connectivity index (χ4n) is 2.22. The average Bonchev–Trinajstić information content (AvgIpc) is 2.38. The van der Waals surface area contributed by atoms with E-state index in [0.717, 1.165) is 18.1 Å². The molecular formula is C13H22N4O2. The van der Waals surface area contributed by atoms with Crippen LogP contribution in [-0.2, 0) is 11.3 Å². The van der Waals surface area contributed by atoms with E-state index in [-0.39, 0.29) is 17.6 Å². The minimum absolute atomic E-state index is 0.133. The fourth-order valence-corrected chi connectivity index (χ4v) is 2.22. The van der Waals surface area contributed by atoms with Crippen LogP contribution in [0.25, 0.3) is 0 Å². The maximum absolute atomic E-state index is 9.76. The summed E-state index contributed by atoms with van der Waals surface area (Å²) in [5, 5.41) is 16.1. The molecule has 0 radical (unpaired) electrons. The highest BCUT2D eigenvalue weighted by Crippen LogP contribution is 2.42. The molecule has 0 aliphatic heterocycles. The van der Waals surface area contributed by atoms with Crippen molar-refractivity contribution in [1.82, 2.24) is 9.97 Å². The van der Waals surface area contributed by atoms with Crippen LogP contribution >= 0.6 is 0 Å². The molecule has 6 nitrogen and oxygen atoms in total. The van der Waals surface area contributed by atoms with Gasteiger partial charge in [-0.25, -0.2) is 9.97 Å². The summed E-state index contributed by atoms with van der Waals surface area (Å²) >= 11 is 0. The van der Waals surface area contributed by atoms with Gasteiger partial charge < -0.3 is 20.5 Å². The molecule has 3 N–H and O–H groups in total. The second-order valence-corrected chi connectivity index (χ2v) is 5.51. The normalized spacial score (nSPS) is 24.7. The molecule has 19 heavy (non-hydrogen) atoms. The predicted molar refractivity (Wildman–Crippen MR) is 74.1 cm³/mol. The van der Waals surface area contributed by atoms with Gasteiger partial charge in [0.1, 0.15) is 18.2 Å². The number of methoxy groups -OCH3 is 1. The molecule has 2 unspecified atom stereocenters. The Morgan fingerprint density at radius 1 is 1.42 bits per heavy atom. The summed E-state index contributed by atoms with van der Waals surface area (Å²) in [6, 6.07) is 2.08. The molecule has 2 rings (SSSR count). The molecule has 6 heteroatoms. The number of aliphatic hydroxyl groups is 1. The molecule has 0 spiro atoms. The summed E-state index contributed by atoms with van der Waals surface area (Å²) in [6.07, 6.45) is 0.486. The Morgan fingerprint density at radius 3 is 2.63 bits per heavy atom. The van der Waals surface area contributed by atoms with Crippen LogP contribution in [0.15, 0.2) is 6.07 Å². The largest absolute Gasteiger partial charge is 0.392 e. The first kappa shape index (κ1) is 14.0. The van der Waals surface area contributed by atoms with Crippen LogP contribution in [0.2, 0.25) is 0 Å². The summed E-state index contributed by atoms with van der Waals surface area (Å²) in [7, 11) is 3.44. The van der Waals surface area contributed by atoms with E-state index in [2.05, 4.69) is 34.4 Å². The first-order chi connectivity index (χ1) is 8.97. The van der Waals surface area contributed by atoms with Crippen LogP contribution in [0.5, 0.6) is 0 Å². The zero-order valence-electron chi connectivity index (χ0n) is 11.9. The highest BCUT2D eigenvalue weighted by Gasteiger charge is 2.47. The van der Waals surface area contributed by atoms with Crippen LogP contribution in [0.3, 0.4) is 0 Å². The van der Waals surface area contributed by atoms with E-state index in [0.29, 0.717) is 12.4 Å². The monoisotopic (exact) mass is 266 g/mol. The maximum Gasteiger partial charge on any atom is 0.158 e. The van der Waals surface area contributed by atoms with Crippen molar-refractivity contribution >= 4 is 11.6 Å². The summed E-state index contributed by atoms with van der Waals surface area (Å²) in [4.78, 5) is 8.72. The lowest BCUT2D eigenvalue weighted by Gasteiger charge is -2.49. The third kappa shape index (κ3) is 2.79. The Bertz CT molecular complexity index is 450. The van der Waals surface area contributed by atoms with Crippen molar-refractivity contribution in [2.75, 3.05) is 24.8 Å². The third-order valence-electron chi connectivity index (χ3n) is 3.84. The number of nitrogens with one attached hydrogen (secondary N) is 2. The summed E-state index contributed by atoms with van der Waals surface area (Å²) in [5.74, 6) is 2.15. The number of hydrogen-bond donors (Lipinski definition) is 3. The number of aliphatic hydroxyl groups excluding tert-OH is 1. The standard InChI is InChI=1S/C13H22N4O2/c1-13(2)8(5-9(13)18)15-11-6-10(14-3)16-12(17-11)7-19-4/h6,8-9,18H,5,7H2,1-4H3,(H2,14,15,16,17). The predicted octanol–water partition coefficient (Wildman–Crippen LogP) is 1.24. The van der Waals surface area contributed by atoms with Gasteiger partial charge in [0.05, 0.1) is 6.10 Å². The number of rotatable bonds is 5. The Balaban J connectivity index is 2.13. The van der Waals surface area contributed by atoms with Crippen LogP contribution in [0.4, 0.5) is 11.6 Å². The third-order valence-corrected chi connectivity index (χ3v) is 3.84. The van der Waals surface area contributed by atoms with Gasteiger partial charge in [0.2, 0.25) is 0 Å². The second kappa shape index (κ2) is 5.30. The minimum Gasteiger partial charge on any atom is -0.392 e. The molecule has 1 aromatic heterocycles. The van der Waals surface area contributed by atoms with Crippen LogP contribution in [0, 0.1) is 5.41 Å². The molecule has 1 aliphatic carbocycles. The van der Waals surface area contributed by atoms with Crippen molar-refractivity contribution in [3.63, 3.8) is 0 Å². The van der Waals surface area contributed by atoms with Gasteiger partial charge in [0, 0.05) is 31.7 Å². The molecule has 0 amide bonds. The van der Waals surface area contributed by atoms with Crippen molar-refractivity contribution in [2.24, 2.45) is 5.41 Å². The molecule has 0 aromatic carbocycles. The first-order valence-corrected chi connectivity index (χ1v) is 6.46. The zero-order chi connectivity index (χ0) is 14.0. The minimum atomic E-state index is -0.256. The molecule has 1 fully saturated rings. The Hall–Kier alpha value is -1.40. The molecule has 0 saturated heterocycles. The van der Waals surface area contributed by atoms with Crippen molar-refractivity contribution in [2.45, 2.75) is 39.0 Å². The summed E-state index contributed by atoms with van der Waals surface area (Å²) in [5.41, 5.74) is -0.133. The van der Waals surface area contributed by atoms with Crippen molar-refractivity contribution in [3.05, 3.63) is 11.9 Å². The van der Waals surface area contributed by atoms with Crippen molar-refractivity contribution in [1.29, 1.82) is 0 Å². The van der Waals surface area contributed by atoms with Gasteiger partial charge in [-0.15, -0.1) is 0 Å². The first-order valence-electron chi connectivity index (χ1n) is 6.46. The lowest BCUT2D eigenvalue weighted by molar-refractivity contribution is -0.0511. The fraction of sp³-hybridized carbons (Fsp3) is 0.692. The van der Waals surface area contributed by atoms with Gasteiger partial charge in [-0.05, 0) is 6.42 Å². The number of ether oxygens (including phenoxy) is 1. The number of nitrogens with zero attached hydrogens (tertiary/aromatic N) is 2. The topological polar surface area (TPSA) is 79.3 Å². The van der Waals surface area contributed by atoms with Crippen LogP contribution < -0.4 is 10.6 Å². The van der Waals surface area contributed by atoms with E-state index >= 15 is 0 Å². The highest BCUT2D eigenvalue weighted by molar-refractivity contribution is 5.48. The molecule has 1 aliphatic rings. The van der Waals surface area contributed by atoms with E-state index in [4.69, 9.17) is 4.74 Å². The lowest BCUT2D eigenvalue weighted by atomic mass is 9.64. The van der Waals surface area contributed by atoms with Crippen molar-refractivity contribution < 1.29 is 9.84 Å². The molecular weight excluding hydrogens is 244 g/mol. The Kier molecular flexibility index (Phi) is 3.91. The van der Waals surface area contributed by atoms with Gasteiger partial charge in [0.15, 0.2) is 5.82 Å². The van der Waals surface area contributed by atoms with E-state index in [1.807, 2.05) is 13.1 Å². The van der Waals surface area contributed by atoms with E-state index in [9.17, 15) is 5.11 Å². The second-order valence-electron chi connectivity index (χ2n) is 5.51. The average molecular weight is 266 g/mol. The van der Waals surface area contributed by atoms with E-state index in [1.165, 1.54) is 0 Å². The SMILES string of the molecule is CNc1cc(NC2CC(O)C2(C)C)nc(COC)n1. The Morgan fingerprint density at radius 2 is 2.11 bits per heavy atom. The van der Waals surface area contributed by atoms with Crippen LogP contribution in [-0.4, -0.2) is 41.4 Å². The molecule has 2 atom stereocenters. The molecule has 106 valence electrons. The van der Waals surface area contributed by atoms with Crippen molar-refractivity contribution in [3.8, 4) is 0 Å². The molecule has 0 bridgehead atoms. The van der Waals surface area contributed by atoms with Gasteiger partial charge in [-0.3, -0.25) is 0 Å². The quantitative estimate of drug-likeness (QED) is 0.744. The number of aromatic nitrogens is 2. The van der Waals surface area contributed by atoms with Crippen LogP contribution in [0.1, 0.15) is 26.1 Å². The maximum atomic E-state index is 9.76. The van der Waals surface area contributed by atoms with E-state index in [1.54, 1.807) is 7.11 Å². The number of anilines is 2. The molecule has 1 heterocycles. The molecule has 1 aromatic rings. The summed E-state index contributed by atoms with van der Waals surface area (Å²) in [6.45, 7) is 4.48. The van der Waals surface area contributed by atoms with Gasteiger partial charge in [-0.2, -0.15) is 0 Å². The highest BCUT2D eigenvalue weighted by atomic mass is 16.5. The van der Waals surface area contributed by atoms with E-state index < -0.39 is 0 Å². The molecule has 1 saturated carbocycles. The van der Waals surface area contributed by atoms with Gasteiger partial charge >= 0.3 is 0 Å². The zero-order valence-corrected chi connectivity index (χ0v) is 11.9.